The van der Waals surface area contributed by atoms with Crippen LogP contribution < -0.4 is 10.1 Å². The highest BCUT2D eigenvalue weighted by atomic mass is 16.5. The monoisotopic (exact) mass is 277 g/mol. The van der Waals surface area contributed by atoms with Gasteiger partial charge < -0.3 is 15.2 Å². The molecule has 1 fully saturated rings. The lowest BCUT2D eigenvalue weighted by atomic mass is 9.96. The van der Waals surface area contributed by atoms with Gasteiger partial charge in [-0.05, 0) is 51.1 Å². The minimum Gasteiger partial charge on any atom is -0.494 e. The summed E-state index contributed by atoms with van der Waals surface area (Å²) in [7, 11) is 0. The Bertz CT molecular complexity index is 408. The summed E-state index contributed by atoms with van der Waals surface area (Å²) in [6.07, 6.45) is 3.66. The van der Waals surface area contributed by atoms with Crippen LogP contribution in [0.1, 0.15) is 44.7 Å². The molecule has 0 aliphatic heterocycles. The molecule has 0 heterocycles. The maximum atomic E-state index is 9.39. The molecule has 1 saturated carbocycles. The highest BCUT2D eigenvalue weighted by molar-refractivity contribution is 5.35. The molecule has 0 spiro atoms. The average molecular weight is 277 g/mol. The Morgan fingerprint density at radius 2 is 2.05 bits per heavy atom. The summed E-state index contributed by atoms with van der Waals surface area (Å²) in [6.45, 7) is 6.20. The molecular formula is C17H27NO2. The van der Waals surface area contributed by atoms with Gasteiger partial charge in [-0.1, -0.05) is 24.6 Å². The van der Waals surface area contributed by atoms with Crippen molar-refractivity contribution in [3.05, 3.63) is 29.8 Å². The zero-order valence-electron chi connectivity index (χ0n) is 12.6. The highest BCUT2D eigenvalue weighted by Crippen LogP contribution is 2.32. The van der Waals surface area contributed by atoms with E-state index in [0.29, 0.717) is 25.0 Å². The summed E-state index contributed by atoms with van der Waals surface area (Å²) < 4.78 is 5.69. The van der Waals surface area contributed by atoms with Crippen LogP contribution in [0.4, 0.5) is 0 Å². The van der Waals surface area contributed by atoms with Crippen LogP contribution >= 0.6 is 0 Å². The van der Waals surface area contributed by atoms with E-state index in [1.807, 2.05) is 19.1 Å². The van der Waals surface area contributed by atoms with Crippen molar-refractivity contribution in [2.45, 2.75) is 39.2 Å². The molecule has 0 saturated heterocycles. The summed E-state index contributed by atoms with van der Waals surface area (Å²) in [5, 5.41) is 13.0. The van der Waals surface area contributed by atoms with Crippen molar-refractivity contribution < 1.29 is 9.84 Å². The van der Waals surface area contributed by atoms with Crippen LogP contribution in [0.25, 0.3) is 0 Å². The number of rotatable bonds is 7. The third-order valence-corrected chi connectivity index (χ3v) is 4.42. The topological polar surface area (TPSA) is 41.5 Å². The van der Waals surface area contributed by atoms with E-state index >= 15 is 0 Å². The van der Waals surface area contributed by atoms with Gasteiger partial charge in [0.1, 0.15) is 5.75 Å². The SMILES string of the molecule is CCOc1ccccc1C(C)NCC1CCCC1CO. The molecular weight excluding hydrogens is 250 g/mol. The number of para-hydroxylation sites is 1. The molecule has 112 valence electrons. The lowest BCUT2D eigenvalue weighted by Gasteiger charge is -2.22. The van der Waals surface area contributed by atoms with Gasteiger partial charge >= 0.3 is 0 Å². The van der Waals surface area contributed by atoms with E-state index in [0.717, 1.165) is 12.3 Å². The van der Waals surface area contributed by atoms with Crippen LogP contribution in [-0.2, 0) is 0 Å². The number of aliphatic hydroxyl groups excluding tert-OH is 1. The Labute approximate surface area is 122 Å². The number of nitrogens with one attached hydrogen (secondary N) is 1. The van der Waals surface area contributed by atoms with Crippen molar-refractivity contribution in [1.29, 1.82) is 0 Å². The first-order valence-electron chi connectivity index (χ1n) is 7.82. The Morgan fingerprint density at radius 1 is 1.30 bits per heavy atom. The highest BCUT2D eigenvalue weighted by Gasteiger charge is 2.26. The van der Waals surface area contributed by atoms with Crippen molar-refractivity contribution >= 4 is 0 Å². The van der Waals surface area contributed by atoms with Gasteiger partial charge in [0.2, 0.25) is 0 Å². The zero-order chi connectivity index (χ0) is 14.4. The number of benzene rings is 1. The van der Waals surface area contributed by atoms with Crippen LogP contribution in [0, 0.1) is 11.8 Å². The number of aliphatic hydroxyl groups is 1. The van der Waals surface area contributed by atoms with Gasteiger partial charge in [0.15, 0.2) is 0 Å². The lowest BCUT2D eigenvalue weighted by molar-refractivity contribution is 0.190. The molecule has 2 rings (SSSR count). The fourth-order valence-electron chi connectivity index (χ4n) is 3.19. The molecule has 0 amide bonds. The molecule has 3 unspecified atom stereocenters. The molecule has 3 heteroatoms. The van der Waals surface area contributed by atoms with Gasteiger partial charge in [-0.3, -0.25) is 0 Å². The lowest BCUT2D eigenvalue weighted by Crippen LogP contribution is -2.29. The Morgan fingerprint density at radius 3 is 2.80 bits per heavy atom. The first-order valence-corrected chi connectivity index (χ1v) is 7.82. The first kappa shape index (κ1) is 15.3. The van der Waals surface area contributed by atoms with Crippen molar-refractivity contribution in [3.63, 3.8) is 0 Å². The molecule has 1 aliphatic carbocycles. The zero-order valence-corrected chi connectivity index (χ0v) is 12.6. The fourth-order valence-corrected chi connectivity index (χ4v) is 3.19. The molecule has 0 aromatic heterocycles. The minimum atomic E-state index is 0.276. The molecule has 3 atom stereocenters. The van der Waals surface area contributed by atoms with Gasteiger partial charge in [0.25, 0.3) is 0 Å². The van der Waals surface area contributed by atoms with Crippen molar-refractivity contribution in [3.8, 4) is 5.75 Å². The largest absolute Gasteiger partial charge is 0.494 e. The Balaban J connectivity index is 1.93. The normalized spacial score (nSPS) is 23.8. The first-order chi connectivity index (χ1) is 9.76. The van der Waals surface area contributed by atoms with Gasteiger partial charge in [0, 0.05) is 18.2 Å². The van der Waals surface area contributed by atoms with E-state index in [1.54, 1.807) is 0 Å². The Kier molecular flexibility index (Phi) is 5.86. The van der Waals surface area contributed by atoms with E-state index in [4.69, 9.17) is 4.74 Å². The molecule has 1 aliphatic rings. The molecule has 0 radical (unpaired) electrons. The standard InChI is InChI=1S/C17H27NO2/c1-3-20-17-10-5-4-9-16(17)13(2)18-11-14-7-6-8-15(14)12-19/h4-5,9-10,13-15,18-19H,3,6-8,11-12H2,1-2H3. The van der Waals surface area contributed by atoms with Crippen LogP contribution in [0.15, 0.2) is 24.3 Å². The van der Waals surface area contributed by atoms with Gasteiger partial charge in [-0.2, -0.15) is 0 Å². The summed E-state index contributed by atoms with van der Waals surface area (Å²) in [5.41, 5.74) is 1.22. The van der Waals surface area contributed by atoms with Gasteiger partial charge in [0.05, 0.1) is 6.61 Å². The third-order valence-electron chi connectivity index (χ3n) is 4.42. The fraction of sp³-hybridized carbons (Fsp3) is 0.647. The van der Waals surface area contributed by atoms with E-state index in [1.165, 1.54) is 24.8 Å². The predicted octanol–water partition coefficient (Wildman–Crippen LogP) is 3.14. The predicted molar refractivity (Wildman–Crippen MR) is 81.9 cm³/mol. The number of ether oxygens (including phenoxy) is 1. The summed E-state index contributed by atoms with van der Waals surface area (Å²) in [4.78, 5) is 0. The maximum absolute atomic E-state index is 9.39. The minimum absolute atomic E-state index is 0.276. The summed E-state index contributed by atoms with van der Waals surface area (Å²) in [5.74, 6) is 2.07. The molecule has 1 aromatic carbocycles. The molecule has 20 heavy (non-hydrogen) atoms. The third kappa shape index (κ3) is 3.74. The smallest absolute Gasteiger partial charge is 0.124 e. The van der Waals surface area contributed by atoms with Crippen molar-refractivity contribution in [2.24, 2.45) is 11.8 Å². The summed E-state index contributed by atoms with van der Waals surface area (Å²) in [6, 6.07) is 8.50. The molecule has 3 nitrogen and oxygen atoms in total. The number of hydrogen-bond acceptors (Lipinski definition) is 3. The van der Waals surface area contributed by atoms with E-state index in [9.17, 15) is 5.11 Å². The maximum Gasteiger partial charge on any atom is 0.124 e. The van der Waals surface area contributed by atoms with Crippen LogP contribution in [0.5, 0.6) is 5.75 Å². The van der Waals surface area contributed by atoms with Gasteiger partial charge in [-0.25, -0.2) is 0 Å². The quantitative estimate of drug-likeness (QED) is 0.804. The van der Waals surface area contributed by atoms with Gasteiger partial charge in [-0.15, -0.1) is 0 Å². The van der Waals surface area contributed by atoms with E-state index < -0.39 is 0 Å². The second-order valence-electron chi connectivity index (χ2n) is 5.73. The van der Waals surface area contributed by atoms with Crippen molar-refractivity contribution in [1.82, 2.24) is 5.32 Å². The van der Waals surface area contributed by atoms with Crippen LogP contribution in [0.3, 0.4) is 0 Å². The van der Waals surface area contributed by atoms with E-state index in [-0.39, 0.29) is 6.04 Å². The van der Waals surface area contributed by atoms with Crippen molar-refractivity contribution in [2.75, 3.05) is 19.8 Å². The Hall–Kier alpha value is -1.06. The molecule has 2 N–H and O–H groups in total. The molecule has 1 aromatic rings. The second-order valence-corrected chi connectivity index (χ2v) is 5.73. The summed E-state index contributed by atoms with van der Waals surface area (Å²) >= 11 is 0. The second kappa shape index (κ2) is 7.65. The average Bonchev–Trinajstić information content (AvgIpc) is 2.93. The number of hydrogen-bond donors (Lipinski definition) is 2. The van der Waals surface area contributed by atoms with E-state index in [2.05, 4.69) is 24.4 Å². The van der Waals surface area contributed by atoms with Crippen LogP contribution in [-0.4, -0.2) is 24.9 Å². The molecule has 0 bridgehead atoms. The van der Waals surface area contributed by atoms with Crippen LogP contribution in [0.2, 0.25) is 0 Å².